The SMILES string of the molecule is O=[N+]([O-])c1ccc2nc(N3CCCC3c3ccccc3)ccc2c1. The number of hydrogen-bond acceptors (Lipinski definition) is 4. The molecule has 0 spiro atoms. The summed E-state index contributed by atoms with van der Waals surface area (Å²) < 4.78 is 0. The van der Waals surface area contributed by atoms with Gasteiger partial charge < -0.3 is 4.90 Å². The molecule has 24 heavy (non-hydrogen) atoms. The topological polar surface area (TPSA) is 59.3 Å². The van der Waals surface area contributed by atoms with E-state index in [-0.39, 0.29) is 10.6 Å². The lowest BCUT2D eigenvalue weighted by molar-refractivity contribution is -0.384. The average Bonchev–Trinajstić information content (AvgIpc) is 3.11. The van der Waals surface area contributed by atoms with Crippen molar-refractivity contribution in [3.63, 3.8) is 0 Å². The average molecular weight is 319 g/mol. The normalized spacial score (nSPS) is 17.3. The van der Waals surface area contributed by atoms with E-state index in [1.165, 1.54) is 11.6 Å². The van der Waals surface area contributed by atoms with Gasteiger partial charge in [0.05, 0.1) is 16.5 Å². The number of anilines is 1. The van der Waals surface area contributed by atoms with Crippen molar-refractivity contribution in [3.05, 3.63) is 76.3 Å². The molecule has 5 heteroatoms. The van der Waals surface area contributed by atoms with Crippen molar-refractivity contribution in [3.8, 4) is 0 Å². The van der Waals surface area contributed by atoms with E-state index in [0.717, 1.165) is 36.1 Å². The van der Waals surface area contributed by atoms with Crippen LogP contribution in [0.2, 0.25) is 0 Å². The molecule has 1 unspecified atom stereocenters. The van der Waals surface area contributed by atoms with Crippen molar-refractivity contribution in [2.45, 2.75) is 18.9 Å². The highest BCUT2D eigenvalue weighted by Crippen LogP contribution is 2.35. The Hall–Kier alpha value is -2.95. The molecular formula is C19H17N3O2. The summed E-state index contributed by atoms with van der Waals surface area (Å²) in [7, 11) is 0. The van der Waals surface area contributed by atoms with E-state index in [0.29, 0.717) is 6.04 Å². The molecule has 1 aliphatic heterocycles. The van der Waals surface area contributed by atoms with Gasteiger partial charge in [-0.15, -0.1) is 0 Å². The highest BCUT2D eigenvalue weighted by molar-refractivity contribution is 5.82. The molecule has 5 nitrogen and oxygen atoms in total. The van der Waals surface area contributed by atoms with Crippen molar-refractivity contribution >= 4 is 22.4 Å². The fourth-order valence-corrected chi connectivity index (χ4v) is 3.44. The van der Waals surface area contributed by atoms with Crippen molar-refractivity contribution in [2.75, 3.05) is 11.4 Å². The Morgan fingerprint density at radius 1 is 1.08 bits per heavy atom. The quantitative estimate of drug-likeness (QED) is 0.527. The number of rotatable bonds is 3. The first kappa shape index (κ1) is 14.6. The summed E-state index contributed by atoms with van der Waals surface area (Å²) in [6.07, 6.45) is 2.25. The number of fused-ring (bicyclic) bond motifs is 1. The number of nitro groups is 1. The lowest BCUT2D eigenvalue weighted by Gasteiger charge is -2.26. The minimum atomic E-state index is -0.376. The predicted molar refractivity (Wildman–Crippen MR) is 94.2 cm³/mol. The van der Waals surface area contributed by atoms with E-state index in [1.807, 2.05) is 18.2 Å². The minimum absolute atomic E-state index is 0.0976. The maximum absolute atomic E-state index is 10.9. The largest absolute Gasteiger partial charge is 0.350 e. The van der Waals surface area contributed by atoms with Crippen LogP contribution in [0.5, 0.6) is 0 Å². The molecule has 3 aromatic rings. The highest BCUT2D eigenvalue weighted by Gasteiger charge is 2.27. The Labute approximate surface area is 139 Å². The van der Waals surface area contributed by atoms with E-state index in [2.05, 4.69) is 29.2 Å². The van der Waals surface area contributed by atoms with Gasteiger partial charge in [0.15, 0.2) is 0 Å². The number of aromatic nitrogens is 1. The van der Waals surface area contributed by atoms with Gasteiger partial charge in [-0.2, -0.15) is 0 Å². The van der Waals surface area contributed by atoms with Crippen LogP contribution in [-0.2, 0) is 0 Å². The molecule has 0 saturated carbocycles. The second-order valence-corrected chi connectivity index (χ2v) is 6.07. The van der Waals surface area contributed by atoms with Gasteiger partial charge in [0.25, 0.3) is 5.69 Å². The Morgan fingerprint density at radius 3 is 2.71 bits per heavy atom. The van der Waals surface area contributed by atoms with Gasteiger partial charge in [-0.3, -0.25) is 10.1 Å². The smallest absolute Gasteiger partial charge is 0.270 e. The number of benzene rings is 2. The standard InChI is InChI=1S/C19H17N3O2/c23-22(24)16-9-10-17-15(13-16)8-11-19(20-17)21-12-4-7-18(21)14-5-2-1-3-6-14/h1-3,5-6,8-11,13,18H,4,7,12H2. The number of non-ortho nitro benzene ring substituents is 1. The summed E-state index contributed by atoms with van der Waals surface area (Å²) in [5.74, 6) is 0.933. The second kappa shape index (κ2) is 5.92. The van der Waals surface area contributed by atoms with Crippen LogP contribution in [-0.4, -0.2) is 16.5 Å². The van der Waals surface area contributed by atoms with E-state index < -0.39 is 0 Å². The summed E-state index contributed by atoms with van der Waals surface area (Å²) >= 11 is 0. The lowest BCUT2D eigenvalue weighted by atomic mass is 10.0. The summed E-state index contributed by atoms with van der Waals surface area (Å²) in [5.41, 5.74) is 2.19. The molecular weight excluding hydrogens is 302 g/mol. The minimum Gasteiger partial charge on any atom is -0.350 e. The zero-order valence-corrected chi connectivity index (χ0v) is 13.1. The molecule has 0 radical (unpaired) electrons. The molecule has 1 aromatic heterocycles. The van der Waals surface area contributed by atoms with Crippen molar-refractivity contribution in [2.24, 2.45) is 0 Å². The zero-order chi connectivity index (χ0) is 16.5. The van der Waals surface area contributed by atoms with Crippen molar-refractivity contribution < 1.29 is 4.92 Å². The summed E-state index contributed by atoms with van der Waals surface area (Å²) in [6.45, 7) is 0.977. The third-order valence-corrected chi connectivity index (χ3v) is 4.60. The van der Waals surface area contributed by atoms with Crippen LogP contribution < -0.4 is 4.90 Å². The third kappa shape index (κ3) is 2.58. The summed E-state index contributed by atoms with van der Waals surface area (Å²) in [5, 5.41) is 11.7. The third-order valence-electron chi connectivity index (χ3n) is 4.60. The van der Waals surface area contributed by atoms with E-state index in [9.17, 15) is 10.1 Å². The number of pyridine rings is 1. The van der Waals surface area contributed by atoms with Crippen LogP contribution in [0.25, 0.3) is 10.9 Å². The predicted octanol–water partition coefficient (Wildman–Crippen LogP) is 4.48. The van der Waals surface area contributed by atoms with Crippen LogP contribution in [0.1, 0.15) is 24.4 Å². The molecule has 0 N–H and O–H groups in total. The van der Waals surface area contributed by atoms with Crippen LogP contribution in [0.3, 0.4) is 0 Å². The molecule has 2 heterocycles. The van der Waals surface area contributed by atoms with Gasteiger partial charge in [0.2, 0.25) is 0 Å². The van der Waals surface area contributed by atoms with Gasteiger partial charge in [0.1, 0.15) is 5.82 Å². The summed E-state index contributed by atoms with van der Waals surface area (Å²) in [6, 6.07) is 19.5. The molecule has 1 atom stereocenters. The number of hydrogen-bond donors (Lipinski definition) is 0. The highest BCUT2D eigenvalue weighted by atomic mass is 16.6. The molecule has 1 fully saturated rings. The van der Waals surface area contributed by atoms with E-state index in [4.69, 9.17) is 4.98 Å². The van der Waals surface area contributed by atoms with Crippen LogP contribution >= 0.6 is 0 Å². The van der Waals surface area contributed by atoms with Gasteiger partial charge in [-0.1, -0.05) is 30.3 Å². The monoisotopic (exact) mass is 319 g/mol. The molecule has 1 aliphatic rings. The first-order valence-electron chi connectivity index (χ1n) is 8.09. The molecule has 120 valence electrons. The van der Waals surface area contributed by atoms with Gasteiger partial charge in [0, 0.05) is 24.1 Å². The maximum Gasteiger partial charge on any atom is 0.270 e. The van der Waals surface area contributed by atoms with E-state index in [1.54, 1.807) is 12.1 Å². The van der Waals surface area contributed by atoms with Crippen LogP contribution in [0.4, 0.5) is 11.5 Å². The van der Waals surface area contributed by atoms with Crippen molar-refractivity contribution in [1.29, 1.82) is 0 Å². The summed E-state index contributed by atoms with van der Waals surface area (Å²) in [4.78, 5) is 17.6. The maximum atomic E-state index is 10.9. The van der Waals surface area contributed by atoms with Crippen LogP contribution in [0.15, 0.2) is 60.7 Å². The first-order valence-corrected chi connectivity index (χ1v) is 8.09. The number of nitrogens with zero attached hydrogens (tertiary/aromatic N) is 3. The zero-order valence-electron chi connectivity index (χ0n) is 13.1. The molecule has 0 aliphatic carbocycles. The Kier molecular flexibility index (Phi) is 3.61. The molecule has 1 saturated heterocycles. The molecule has 0 amide bonds. The number of nitro benzene ring substituents is 1. The Morgan fingerprint density at radius 2 is 1.92 bits per heavy atom. The molecule has 2 aromatic carbocycles. The lowest BCUT2D eigenvalue weighted by Crippen LogP contribution is -2.23. The van der Waals surface area contributed by atoms with Crippen LogP contribution in [0, 0.1) is 10.1 Å². The van der Waals surface area contributed by atoms with E-state index >= 15 is 0 Å². The van der Waals surface area contributed by atoms with Gasteiger partial charge in [-0.25, -0.2) is 4.98 Å². The van der Waals surface area contributed by atoms with Gasteiger partial charge in [-0.05, 0) is 36.6 Å². The van der Waals surface area contributed by atoms with Gasteiger partial charge >= 0.3 is 0 Å². The first-order chi connectivity index (χ1) is 11.7. The fraction of sp³-hybridized carbons (Fsp3) is 0.211. The molecule has 4 rings (SSSR count). The second-order valence-electron chi connectivity index (χ2n) is 6.07. The Balaban J connectivity index is 1.70. The van der Waals surface area contributed by atoms with Crippen molar-refractivity contribution in [1.82, 2.24) is 4.98 Å². The molecule has 0 bridgehead atoms. The fourth-order valence-electron chi connectivity index (χ4n) is 3.44. The Bertz CT molecular complexity index is 896.